The van der Waals surface area contributed by atoms with Gasteiger partial charge in [-0.2, -0.15) is 9.59 Å². The van der Waals surface area contributed by atoms with Crippen molar-refractivity contribution >= 4 is 28.8 Å². The van der Waals surface area contributed by atoms with Crippen LogP contribution in [0.4, 0.5) is 5.69 Å². The minimum Gasteiger partial charge on any atom is -0.344 e. The summed E-state index contributed by atoms with van der Waals surface area (Å²) in [5.41, 5.74) is 8.50. The molecule has 0 saturated carbocycles. The number of carbonyl (C=O) groups excluding carboxylic acids is 3. The van der Waals surface area contributed by atoms with Crippen LogP contribution in [-0.2, 0) is 29.0 Å². The van der Waals surface area contributed by atoms with Crippen LogP contribution in [-0.4, -0.2) is 65.1 Å². The standard InChI is InChI=1S/C30H35N5O.CO2/c1-21-4-11-28(18-26(21)10-7-24-17-27-16-22(2)32-29(27)31-19-24)33-30(36)25-8-5-23(6-9-25)20-35-14-12-34(3)13-15-35;2-1-3/h4-6,8-9,11,16-19H,7,10,12-15,20H2,1-3H3,(H,31,32)(H,33,36);. The van der Waals surface area contributed by atoms with E-state index in [9.17, 15) is 4.79 Å². The summed E-state index contributed by atoms with van der Waals surface area (Å²) in [7, 11) is 2.17. The maximum absolute atomic E-state index is 12.9. The van der Waals surface area contributed by atoms with Gasteiger partial charge in [0, 0.05) is 61.3 Å². The number of amides is 1. The van der Waals surface area contributed by atoms with Crippen LogP contribution in [0.25, 0.3) is 11.0 Å². The van der Waals surface area contributed by atoms with Gasteiger partial charge in [0.15, 0.2) is 0 Å². The maximum Gasteiger partial charge on any atom is 0.373 e. The fraction of sp³-hybridized carbons (Fsp3) is 0.323. The molecule has 0 aliphatic carbocycles. The summed E-state index contributed by atoms with van der Waals surface area (Å²) in [6.07, 6.45) is 4.00. The lowest BCUT2D eigenvalue weighted by molar-refractivity contribution is -0.191. The lowest BCUT2D eigenvalue weighted by Crippen LogP contribution is -2.43. The third-order valence-electron chi connectivity index (χ3n) is 7.17. The van der Waals surface area contributed by atoms with Gasteiger partial charge in [-0.05, 0) is 92.4 Å². The molecule has 2 N–H and O–H groups in total. The molecule has 1 saturated heterocycles. The largest absolute Gasteiger partial charge is 0.373 e. The fourth-order valence-electron chi connectivity index (χ4n) is 4.86. The van der Waals surface area contributed by atoms with Gasteiger partial charge in [-0.25, -0.2) is 4.98 Å². The first-order chi connectivity index (χ1) is 18.8. The summed E-state index contributed by atoms with van der Waals surface area (Å²) in [4.78, 5) is 41.8. The normalized spacial score (nSPS) is 13.9. The Morgan fingerprint density at radius 2 is 1.67 bits per heavy atom. The third-order valence-corrected chi connectivity index (χ3v) is 7.17. The first-order valence-electron chi connectivity index (χ1n) is 13.2. The molecule has 0 radical (unpaired) electrons. The highest BCUT2D eigenvalue weighted by Crippen LogP contribution is 2.20. The van der Waals surface area contributed by atoms with Gasteiger partial charge in [-0.3, -0.25) is 9.69 Å². The van der Waals surface area contributed by atoms with E-state index in [0.717, 1.165) is 68.0 Å². The Labute approximate surface area is 229 Å². The van der Waals surface area contributed by atoms with Gasteiger partial charge in [0.2, 0.25) is 0 Å². The van der Waals surface area contributed by atoms with E-state index in [1.54, 1.807) is 0 Å². The van der Waals surface area contributed by atoms with E-state index in [-0.39, 0.29) is 12.1 Å². The van der Waals surface area contributed by atoms with Crippen molar-refractivity contribution in [3.05, 3.63) is 94.3 Å². The van der Waals surface area contributed by atoms with Crippen molar-refractivity contribution < 1.29 is 14.4 Å². The minimum absolute atomic E-state index is 0.0755. The van der Waals surface area contributed by atoms with Crippen molar-refractivity contribution in [3.63, 3.8) is 0 Å². The Bertz CT molecular complexity index is 1450. The SMILES string of the molecule is Cc1cc2cc(CCc3cc(NC(=O)c4ccc(CN5CCN(C)CC5)cc4)ccc3C)cnc2[nH]1.O=C=O. The number of anilines is 1. The summed E-state index contributed by atoms with van der Waals surface area (Å²) in [6, 6.07) is 18.5. The topological polar surface area (TPSA) is 98.4 Å². The van der Waals surface area contributed by atoms with Gasteiger partial charge >= 0.3 is 6.15 Å². The van der Waals surface area contributed by atoms with E-state index in [1.807, 2.05) is 31.3 Å². The molecule has 2 aromatic heterocycles. The molecule has 1 aliphatic rings. The van der Waals surface area contributed by atoms with E-state index in [2.05, 4.69) is 75.5 Å². The number of likely N-dealkylation sites (N-methyl/N-ethyl adjacent to an activating group) is 1. The van der Waals surface area contributed by atoms with E-state index < -0.39 is 0 Å². The number of fused-ring (bicyclic) bond motifs is 1. The molecule has 4 aromatic rings. The quantitative estimate of drug-likeness (QED) is 0.372. The van der Waals surface area contributed by atoms with E-state index in [4.69, 9.17) is 9.59 Å². The minimum atomic E-state index is -0.0755. The van der Waals surface area contributed by atoms with Crippen LogP contribution in [0.15, 0.2) is 60.8 Å². The average molecular weight is 526 g/mol. The second kappa shape index (κ2) is 13.1. The smallest absolute Gasteiger partial charge is 0.344 e. The first kappa shape index (κ1) is 27.9. The Morgan fingerprint density at radius 1 is 0.949 bits per heavy atom. The molecule has 1 amide bonds. The molecule has 39 heavy (non-hydrogen) atoms. The van der Waals surface area contributed by atoms with Gasteiger partial charge in [-0.15, -0.1) is 0 Å². The fourth-order valence-corrected chi connectivity index (χ4v) is 4.86. The number of hydrogen-bond donors (Lipinski definition) is 2. The number of nitrogens with zero attached hydrogens (tertiary/aromatic N) is 3. The number of piperazine rings is 1. The molecule has 1 fully saturated rings. The highest BCUT2D eigenvalue weighted by atomic mass is 16.2. The second-order valence-electron chi connectivity index (χ2n) is 10.2. The molecule has 0 spiro atoms. The molecular formula is C31H35N5O3. The van der Waals surface area contributed by atoms with Crippen molar-refractivity contribution in [1.82, 2.24) is 19.8 Å². The summed E-state index contributed by atoms with van der Waals surface area (Å²) in [5.74, 6) is -0.0755. The van der Waals surface area contributed by atoms with Gasteiger partial charge in [0.1, 0.15) is 5.65 Å². The Balaban J connectivity index is 0.00000112. The third kappa shape index (κ3) is 7.71. The van der Waals surface area contributed by atoms with Gasteiger partial charge in [-0.1, -0.05) is 18.2 Å². The number of aromatic nitrogens is 2. The molecule has 5 rings (SSSR count). The molecule has 0 unspecified atom stereocenters. The van der Waals surface area contributed by atoms with Crippen LogP contribution in [0.3, 0.4) is 0 Å². The number of hydrogen-bond acceptors (Lipinski definition) is 6. The van der Waals surface area contributed by atoms with Crippen LogP contribution >= 0.6 is 0 Å². The zero-order valence-electron chi connectivity index (χ0n) is 22.8. The number of carbonyl (C=O) groups is 1. The summed E-state index contributed by atoms with van der Waals surface area (Å²) in [6.45, 7) is 9.50. The van der Waals surface area contributed by atoms with Crippen LogP contribution in [0.1, 0.15) is 38.3 Å². The number of aromatic amines is 1. The Hall–Kier alpha value is -4.10. The van der Waals surface area contributed by atoms with Crippen molar-refractivity contribution in [1.29, 1.82) is 0 Å². The lowest BCUT2D eigenvalue weighted by atomic mass is 10.00. The van der Waals surface area contributed by atoms with E-state index in [0.29, 0.717) is 5.56 Å². The zero-order chi connectivity index (χ0) is 27.8. The Morgan fingerprint density at radius 3 is 2.38 bits per heavy atom. The predicted octanol–water partition coefficient (Wildman–Crippen LogP) is 4.38. The molecule has 0 bridgehead atoms. The highest BCUT2D eigenvalue weighted by molar-refractivity contribution is 6.04. The van der Waals surface area contributed by atoms with Crippen molar-refractivity contribution in [2.45, 2.75) is 33.2 Å². The molecule has 8 nitrogen and oxygen atoms in total. The monoisotopic (exact) mass is 525 g/mol. The predicted molar refractivity (Wildman–Crippen MR) is 152 cm³/mol. The first-order valence-corrected chi connectivity index (χ1v) is 13.2. The summed E-state index contributed by atoms with van der Waals surface area (Å²) >= 11 is 0. The van der Waals surface area contributed by atoms with Crippen LogP contribution in [0.2, 0.25) is 0 Å². The van der Waals surface area contributed by atoms with E-state index in [1.165, 1.54) is 22.3 Å². The molecule has 1 aliphatic heterocycles. The van der Waals surface area contributed by atoms with Crippen LogP contribution in [0.5, 0.6) is 0 Å². The second-order valence-corrected chi connectivity index (χ2v) is 10.2. The summed E-state index contributed by atoms with van der Waals surface area (Å²) in [5, 5.41) is 4.24. The van der Waals surface area contributed by atoms with Gasteiger partial charge in [0.05, 0.1) is 0 Å². The molecule has 2 aromatic carbocycles. The van der Waals surface area contributed by atoms with Crippen molar-refractivity contribution in [2.75, 3.05) is 38.5 Å². The number of aryl methyl sites for hydroxylation is 4. The molecular weight excluding hydrogens is 490 g/mol. The Kier molecular flexibility index (Phi) is 9.39. The number of pyridine rings is 1. The highest BCUT2D eigenvalue weighted by Gasteiger charge is 2.14. The van der Waals surface area contributed by atoms with Crippen molar-refractivity contribution in [2.24, 2.45) is 0 Å². The zero-order valence-corrected chi connectivity index (χ0v) is 22.8. The average Bonchev–Trinajstić information content (AvgIpc) is 3.30. The number of nitrogens with one attached hydrogen (secondary N) is 2. The van der Waals surface area contributed by atoms with Gasteiger partial charge in [0.25, 0.3) is 5.91 Å². The van der Waals surface area contributed by atoms with Crippen molar-refractivity contribution in [3.8, 4) is 0 Å². The number of benzene rings is 2. The van der Waals surface area contributed by atoms with Crippen LogP contribution < -0.4 is 5.32 Å². The molecule has 202 valence electrons. The van der Waals surface area contributed by atoms with Crippen LogP contribution in [0, 0.1) is 13.8 Å². The number of rotatable bonds is 7. The van der Waals surface area contributed by atoms with E-state index >= 15 is 0 Å². The molecule has 8 heteroatoms. The molecule has 0 atom stereocenters. The maximum atomic E-state index is 12.9. The lowest BCUT2D eigenvalue weighted by Gasteiger charge is -2.32. The van der Waals surface area contributed by atoms with Gasteiger partial charge < -0.3 is 15.2 Å². The molecule has 3 heterocycles. The summed E-state index contributed by atoms with van der Waals surface area (Å²) < 4.78 is 0. The number of H-pyrrole nitrogens is 1.